The van der Waals surface area contributed by atoms with E-state index >= 15 is 0 Å². The summed E-state index contributed by atoms with van der Waals surface area (Å²) in [6.45, 7) is 5.49. The molecular weight excluding hydrogens is 364 g/mol. The highest BCUT2D eigenvalue weighted by atomic mass is 16.6. The molecule has 1 aliphatic rings. The van der Waals surface area contributed by atoms with Gasteiger partial charge in [-0.15, -0.1) is 0 Å². The molecule has 0 saturated carbocycles. The summed E-state index contributed by atoms with van der Waals surface area (Å²) in [5.41, 5.74) is 1.86. The van der Waals surface area contributed by atoms with Crippen molar-refractivity contribution in [1.82, 2.24) is 5.32 Å². The number of carbonyl (C=O) groups is 4. The molecule has 8 nitrogen and oxygen atoms in total. The minimum Gasteiger partial charge on any atom is -0.455 e. The van der Waals surface area contributed by atoms with Gasteiger partial charge in [0.1, 0.15) is 0 Å². The smallest absolute Gasteiger partial charge is 0.413 e. The Bertz CT molecular complexity index is 748. The van der Waals surface area contributed by atoms with Crippen LogP contribution in [0.4, 0.5) is 10.5 Å². The lowest BCUT2D eigenvalue weighted by atomic mass is 9.96. The fourth-order valence-corrected chi connectivity index (χ4v) is 3.04. The summed E-state index contributed by atoms with van der Waals surface area (Å²) in [4.78, 5) is 49.1. The zero-order valence-corrected chi connectivity index (χ0v) is 16.4. The SMILES string of the molecule is CCOC(=O)NC(=O)COC(=O)[C@H]1CC(=O)N(c2ccccc2[C@@H](C)CC)C1. The van der Waals surface area contributed by atoms with Gasteiger partial charge < -0.3 is 14.4 Å². The van der Waals surface area contributed by atoms with Crippen LogP contribution in [-0.2, 0) is 23.9 Å². The molecule has 0 bridgehead atoms. The first kappa shape index (κ1) is 21.4. The van der Waals surface area contributed by atoms with E-state index in [0.717, 1.165) is 17.7 Å². The molecule has 0 spiro atoms. The molecule has 3 amide bonds. The normalized spacial score (nSPS) is 17.2. The monoisotopic (exact) mass is 390 g/mol. The number of nitrogens with one attached hydrogen (secondary N) is 1. The number of para-hydroxylation sites is 1. The molecule has 0 unspecified atom stereocenters. The van der Waals surface area contributed by atoms with E-state index in [4.69, 9.17) is 4.74 Å². The Labute approximate surface area is 164 Å². The molecular formula is C20H26N2O6. The first-order valence-electron chi connectivity index (χ1n) is 9.39. The van der Waals surface area contributed by atoms with Crippen molar-refractivity contribution < 1.29 is 28.7 Å². The van der Waals surface area contributed by atoms with Gasteiger partial charge in [-0.1, -0.05) is 32.0 Å². The number of amides is 3. The summed E-state index contributed by atoms with van der Waals surface area (Å²) in [5.74, 6) is -1.96. The van der Waals surface area contributed by atoms with Crippen LogP contribution < -0.4 is 10.2 Å². The predicted molar refractivity (Wildman–Crippen MR) is 102 cm³/mol. The van der Waals surface area contributed by atoms with Gasteiger partial charge in [0.25, 0.3) is 5.91 Å². The molecule has 1 aromatic carbocycles. The standard InChI is InChI=1S/C20H26N2O6/c1-4-13(3)15-8-6-7-9-16(15)22-11-14(10-18(22)24)19(25)28-12-17(23)21-20(26)27-5-2/h6-9,13-14H,4-5,10-12H2,1-3H3,(H,21,23,26)/t13-,14-/m0/s1. The number of hydrogen-bond acceptors (Lipinski definition) is 6. The quantitative estimate of drug-likeness (QED) is 0.717. The van der Waals surface area contributed by atoms with E-state index in [1.807, 2.05) is 29.6 Å². The molecule has 152 valence electrons. The number of carbonyl (C=O) groups excluding carboxylic acids is 4. The molecule has 0 aromatic heterocycles. The van der Waals surface area contributed by atoms with E-state index in [1.54, 1.807) is 11.8 Å². The van der Waals surface area contributed by atoms with Gasteiger partial charge in [-0.05, 0) is 30.9 Å². The van der Waals surface area contributed by atoms with Crippen LogP contribution in [0, 0.1) is 5.92 Å². The third-order valence-corrected chi connectivity index (χ3v) is 4.69. The Kier molecular flexibility index (Phi) is 7.54. The Morgan fingerprint density at radius 3 is 2.61 bits per heavy atom. The number of rotatable bonds is 7. The summed E-state index contributed by atoms with van der Waals surface area (Å²) in [6, 6.07) is 7.65. The molecule has 1 aromatic rings. The van der Waals surface area contributed by atoms with Crippen LogP contribution in [0.3, 0.4) is 0 Å². The average molecular weight is 390 g/mol. The van der Waals surface area contributed by atoms with E-state index in [-0.39, 0.29) is 31.4 Å². The molecule has 1 aliphatic heterocycles. The van der Waals surface area contributed by atoms with Gasteiger partial charge in [0.15, 0.2) is 6.61 Å². The number of benzene rings is 1. The second-order valence-electron chi connectivity index (χ2n) is 6.65. The van der Waals surface area contributed by atoms with Crippen LogP contribution in [0.15, 0.2) is 24.3 Å². The molecule has 2 rings (SSSR count). The number of nitrogens with zero attached hydrogens (tertiary/aromatic N) is 1. The van der Waals surface area contributed by atoms with Crippen LogP contribution >= 0.6 is 0 Å². The largest absolute Gasteiger partial charge is 0.455 e. The molecule has 1 heterocycles. The zero-order valence-electron chi connectivity index (χ0n) is 16.4. The Morgan fingerprint density at radius 2 is 1.93 bits per heavy atom. The maximum absolute atomic E-state index is 12.5. The van der Waals surface area contributed by atoms with E-state index in [2.05, 4.69) is 18.6 Å². The molecule has 28 heavy (non-hydrogen) atoms. The van der Waals surface area contributed by atoms with Crippen LogP contribution in [-0.4, -0.2) is 43.6 Å². The van der Waals surface area contributed by atoms with Crippen molar-refractivity contribution in [2.75, 3.05) is 24.7 Å². The van der Waals surface area contributed by atoms with Crippen molar-refractivity contribution in [1.29, 1.82) is 0 Å². The fourth-order valence-electron chi connectivity index (χ4n) is 3.04. The Hall–Kier alpha value is -2.90. The fraction of sp³-hybridized carbons (Fsp3) is 0.500. The van der Waals surface area contributed by atoms with Crippen LogP contribution in [0.2, 0.25) is 0 Å². The van der Waals surface area contributed by atoms with Gasteiger partial charge in [-0.3, -0.25) is 19.7 Å². The van der Waals surface area contributed by atoms with Crippen molar-refractivity contribution in [3.8, 4) is 0 Å². The number of imide groups is 1. The topological polar surface area (TPSA) is 102 Å². The number of alkyl carbamates (subject to hydrolysis) is 1. The van der Waals surface area contributed by atoms with Crippen molar-refractivity contribution >= 4 is 29.6 Å². The number of esters is 1. The van der Waals surface area contributed by atoms with Crippen molar-refractivity contribution in [3.63, 3.8) is 0 Å². The van der Waals surface area contributed by atoms with Gasteiger partial charge in [0.05, 0.1) is 12.5 Å². The summed E-state index contributed by atoms with van der Waals surface area (Å²) in [6.07, 6.45) is 0.0557. The minimum atomic E-state index is -0.896. The number of hydrogen-bond donors (Lipinski definition) is 1. The molecule has 1 N–H and O–H groups in total. The second-order valence-corrected chi connectivity index (χ2v) is 6.65. The second kappa shape index (κ2) is 9.87. The molecule has 8 heteroatoms. The maximum Gasteiger partial charge on any atom is 0.413 e. The molecule has 2 atom stereocenters. The van der Waals surface area contributed by atoms with Crippen molar-refractivity contribution in [3.05, 3.63) is 29.8 Å². The van der Waals surface area contributed by atoms with E-state index < -0.39 is 30.5 Å². The molecule has 0 aliphatic carbocycles. The van der Waals surface area contributed by atoms with Crippen molar-refractivity contribution in [2.24, 2.45) is 5.92 Å². The highest BCUT2D eigenvalue weighted by Gasteiger charge is 2.37. The van der Waals surface area contributed by atoms with Crippen LogP contribution in [0.25, 0.3) is 0 Å². The first-order valence-corrected chi connectivity index (χ1v) is 9.39. The molecule has 1 fully saturated rings. The van der Waals surface area contributed by atoms with Gasteiger partial charge in [-0.25, -0.2) is 4.79 Å². The highest BCUT2D eigenvalue weighted by molar-refractivity contribution is 6.00. The third kappa shape index (κ3) is 5.31. The lowest BCUT2D eigenvalue weighted by Gasteiger charge is -2.23. The molecule has 1 saturated heterocycles. The van der Waals surface area contributed by atoms with Crippen LogP contribution in [0.1, 0.15) is 45.1 Å². The van der Waals surface area contributed by atoms with Gasteiger partial charge >= 0.3 is 12.1 Å². The van der Waals surface area contributed by atoms with Crippen LogP contribution in [0.5, 0.6) is 0 Å². The van der Waals surface area contributed by atoms with Gasteiger partial charge in [0, 0.05) is 18.7 Å². The van der Waals surface area contributed by atoms with Gasteiger partial charge in [-0.2, -0.15) is 0 Å². The molecule has 0 radical (unpaired) electrons. The highest BCUT2D eigenvalue weighted by Crippen LogP contribution is 2.33. The lowest BCUT2D eigenvalue weighted by molar-refractivity contribution is -0.152. The number of ether oxygens (including phenoxy) is 2. The maximum atomic E-state index is 12.5. The van der Waals surface area contributed by atoms with Crippen molar-refractivity contribution in [2.45, 2.75) is 39.5 Å². The minimum absolute atomic E-state index is 0.0210. The van der Waals surface area contributed by atoms with E-state index in [1.165, 1.54) is 0 Å². The summed E-state index contributed by atoms with van der Waals surface area (Å²) < 4.78 is 9.53. The first-order chi connectivity index (χ1) is 13.4. The number of anilines is 1. The van der Waals surface area contributed by atoms with Gasteiger partial charge in [0.2, 0.25) is 5.91 Å². The zero-order chi connectivity index (χ0) is 20.7. The Balaban J connectivity index is 1.96. The lowest BCUT2D eigenvalue weighted by Crippen LogP contribution is -2.35. The summed E-state index contributed by atoms with van der Waals surface area (Å²) in [5, 5.41) is 1.94. The summed E-state index contributed by atoms with van der Waals surface area (Å²) in [7, 11) is 0. The summed E-state index contributed by atoms with van der Waals surface area (Å²) >= 11 is 0. The predicted octanol–water partition coefficient (Wildman–Crippen LogP) is 2.37. The average Bonchev–Trinajstić information content (AvgIpc) is 3.07. The third-order valence-electron chi connectivity index (χ3n) is 4.69. The van der Waals surface area contributed by atoms with E-state index in [9.17, 15) is 19.2 Å². The Morgan fingerprint density at radius 1 is 1.21 bits per heavy atom. The van der Waals surface area contributed by atoms with E-state index in [0.29, 0.717) is 0 Å².